The molecule has 0 saturated carbocycles. The molecule has 0 aliphatic heterocycles. The summed E-state index contributed by atoms with van der Waals surface area (Å²) in [6, 6.07) is 14.6. The number of hydrogen-bond donors (Lipinski definition) is 0. The lowest BCUT2D eigenvalue weighted by Crippen LogP contribution is -2.28. The highest BCUT2D eigenvalue weighted by Gasteiger charge is 2.18. The summed E-state index contributed by atoms with van der Waals surface area (Å²) in [6.45, 7) is 2.02. The van der Waals surface area contributed by atoms with Crippen molar-refractivity contribution in [3.8, 4) is 10.7 Å². The lowest BCUT2D eigenvalue weighted by molar-refractivity contribution is -0.629. The first-order valence-corrected chi connectivity index (χ1v) is 6.39. The van der Waals surface area contributed by atoms with E-state index >= 15 is 0 Å². The number of aromatic nitrogens is 2. The van der Waals surface area contributed by atoms with E-state index in [0.717, 1.165) is 11.4 Å². The zero-order valence-electron chi connectivity index (χ0n) is 9.84. The van der Waals surface area contributed by atoms with Gasteiger partial charge in [-0.3, -0.25) is 0 Å². The number of pyridine rings is 1. The van der Waals surface area contributed by atoms with Crippen LogP contribution >= 0.6 is 11.3 Å². The molecule has 0 amide bonds. The summed E-state index contributed by atoms with van der Waals surface area (Å²) in [5.41, 5.74) is 3.37. The van der Waals surface area contributed by atoms with Gasteiger partial charge in [0.15, 0.2) is 0 Å². The zero-order chi connectivity index (χ0) is 11.8. The Hall–Kier alpha value is -1.74. The predicted molar refractivity (Wildman–Crippen MR) is 71.0 cm³/mol. The van der Waals surface area contributed by atoms with Crippen LogP contribution in [0.5, 0.6) is 0 Å². The van der Waals surface area contributed by atoms with E-state index in [1.165, 1.54) is 15.2 Å². The third-order valence-corrected chi connectivity index (χ3v) is 4.09. The molecule has 2 aromatic heterocycles. The molecule has 17 heavy (non-hydrogen) atoms. The van der Waals surface area contributed by atoms with Crippen molar-refractivity contribution in [1.82, 2.24) is 4.98 Å². The largest absolute Gasteiger partial charge is 0.288 e. The van der Waals surface area contributed by atoms with Crippen LogP contribution in [-0.4, -0.2) is 4.98 Å². The first-order valence-electron chi connectivity index (χ1n) is 5.57. The summed E-state index contributed by atoms with van der Waals surface area (Å²) < 4.78 is 3.51. The molecule has 1 aromatic carbocycles. The molecule has 0 saturated heterocycles. The van der Waals surface area contributed by atoms with Crippen LogP contribution in [0.1, 0.15) is 5.69 Å². The Morgan fingerprint density at radius 2 is 1.88 bits per heavy atom. The normalized spacial score (nSPS) is 10.9. The summed E-state index contributed by atoms with van der Waals surface area (Å²) in [5, 5.41) is 1.20. The fraction of sp³-hybridized carbons (Fsp3) is 0.143. The molecule has 3 aromatic rings. The highest BCUT2D eigenvalue weighted by atomic mass is 32.1. The summed E-state index contributed by atoms with van der Waals surface area (Å²) >= 11 is 1.79. The molecule has 2 heterocycles. The van der Waals surface area contributed by atoms with Crippen LogP contribution in [-0.2, 0) is 7.05 Å². The molecular formula is C14H13N2S+. The van der Waals surface area contributed by atoms with Gasteiger partial charge in [0.1, 0.15) is 17.4 Å². The Morgan fingerprint density at radius 3 is 2.65 bits per heavy atom. The third-order valence-electron chi connectivity index (χ3n) is 2.85. The number of nitrogens with zero attached hydrogens (tertiary/aromatic N) is 2. The second-order valence-electron chi connectivity index (χ2n) is 4.10. The average Bonchev–Trinajstić information content (AvgIpc) is 2.68. The lowest BCUT2D eigenvalue weighted by Gasteiger charge is -1.95. The van der Waals surface area contributed by atoms with Crippen molar-refractivity contribution in [3.63, 3.8) is 0 Å². The van der Waals surface area contributed by atoms with Gasteiger partial charge in [0, 0.05) is 11.8 Å². The first-order chi connectivity index (χ1) is 8.25. The van der Waals surface area contributed by atoms with Crippen LogP contribution in [0.2, 0.25) is 0 Å². The van der Waals surface area contributed by atoms with Crippen LogP contribution in [0.3, 0.4) is 0 Å². The van der Waals surface area contributed by atoms with Gasteiger partial charge in [-0.2, -0.15) is 4.57 Å². The Kier molecular flexibility index (Phi) is 2.41. The zero-order valence-corrected chi connectivity index (χ0v) is 10.7. The van der Waals surface area contributed by atoms with E-state index in [2.05, 4.69) is 53.0 Å². The monoisotopic (exact) mass is 241 g/mol. The van der Waals surface area contributed by atoms with Crippen LogP contribution in [0.15, 0.2) is 42.5 Å². The summed E-state index contributed by atoms with van der Waals surface area (Å²) in [6.07, 6.45) is 0. The molecule has 0 N–H and O–H groups in total. The van der Waals surface area contributed by atoms with Gasteiger partial charge in [0.25, 0.3) is 5.01 Å². The Bertz CT molecular complexity index is 686. The number of thiazole rings is 1. The van der Waals surface area contributed by atoms with Crippen molar-refractivity contribution in [2.45, 2.75) is 6.92 Å². The molecule has 3 heteroatoms. The Balaban J connectivity index is 2.27. The quantitative estimate of drug-likeness (QED) is 0.598. The van der Waals surface area contributed by atoms with Crippen LogP contribution in [0, 0.1) is 6.92 Å². The molecule has 2 nitrogen and oxygen atoms in total. The topological polar surface area (TPSA) is 16.8 Å². The molecule has 0 fully saturated rings. The van der Waals surface area contributed by atoms with Gasteiger partial charge in [0.05, 0.1) is 0 Å². The summed E-state index contributed by atoms with van der Waals surface area (Å²) in [4.78, 5) is 4.59. The van der Waals surface area contributed by atoms with E-state index in [9.17, 15) is 0 Å². The van der Waals surface area contributed by atoms with E-state index in [1.54, 1.807) is 11.3 Å². The smallest absolute Gasteiger partial charge is 0.246 e. The molecular weight excluding hydrogens is 228 g/mol. The van der Waals surface area contributed by atoms with Crippen molar-refractivity contribution < 1.29 is 4.57 Å². The average molecular weight is 241 g/mol. The van der Waals surface area contributed by atoms with Gasteiger partial charge in [-0.25, -0.2) is 4.98 Å². The van der Waals surface area contributed by atoms with Gasteiger partial charge in [0.2, 0.25) is 5.52 Å². The van der Waals surface area contributed by atoms with Gasteiger partial charge >= 0.3 is 0 Å². The maximum atomic E-state index is 4.59. The third kappa shape index (κ3) is 1.72. The molecule has 84 valence electrons. The van der Waals surface area contributed by atoms with Crippen LogP contribution < -0.4 is 4.57 Å². The number of rotatable bonds is 1. The van der Waals surface area contributed by atoms with Crippen LogP contribution in [0.25, 0.3) is 20.9 Å². The maximum absolute atomic E-state index is 4.59. The minimum atomic E-state index is 1.05. The Labute approximate surface area is 104 Å². The van der Waals surface area contributed by atoms with Gasteiger partial charge < -0.3 is 0 Å². The molecule has 0 bridgehead atoms. The van der Waals surface area contributed by atoms with E-state index in [1.807, 2.05) is 13.0 Å². The predicted octanol–water partition coefficient (Wildman–Crippen LogP) is 3.10. The van der Waals surface area contributed by atoms with Crippen molar-refractivity contribution in [2.75, 3.05) is 0 Å². The van der Waals surface area contributed by atoms with E-state index in [0.29, 0.717) is 0 Å². The van der Waals surface area contributed by atoms with Gasteiger partial charge in [-0.15, -0.1) is 0 Å². The second kappa shape index (κ2) is 3.93. The number of fused-ring (bicyclic) bond motifs is 1. The molecule has 0 spiro atoms. The SMILES string of the molecule is Cc1cccc(-c2sc3ccccc3[n+]2C)n1. The number of para-hydroxylation sites is 1. The first kappa shape index (κ1) is 10.4. The van der Waals surface area contributed by atoms with Crippen molar-refractivity contribution in [2.24, 2.45) is 7.05 Å². The Morgan fingerprint density at radius 1 is 1.06 bits per heavy atom. The number of benzene rings is 1. The summed E-state index contributed by atoms with van der Waals surface area (Å²) in [5.74, 6) is 0. The molecule has 0 aliphatic rings. The van der Waals surface area contributed by atoms with E-state index in [4.69, 9.17) is 0 Å². The van der Waals surface area contributed by atoms with E-state index in [-0.39, 0.29) is 0 Å². The number of hydrogen-bond acceptors (Lipinski definition) is 2. The van der Waals surface area contributed by atoms with Gasteiger partial charge in [-0.1, -0.05) is 29.5 Å². The van der Waals surface area contributed by atoms with Gasteiger partial charge in [-0.05, 0) is 25.1 Å². The minimum Gasteiger partial charge on any atom is -0.246 e. The minimum absolute atomic E-state index is 1.05. The molecule has 0 radical (unpaired) electrons. The molecule has 0 unspecified atom stereocenters. The fourth-order valence-electron chi connectivity index (χ4n) is 1.99. The van der Waals surface area contributed by atoms with Crippen molar-refractivity contribution in [3.05, 3.63) is 48.2 Å². The van der Waals surface area contributed by atoms with Crippen molar-refractivity contribution >= 4 is 21.6 Å². The number of aryl methyl sites for hydroxylation is 2. The molecule has 0 aliphatic carbocycles. The maximum Gasteiger partial charge on any atom is 0.288 e. The van der Waals surface area contributed by atoms with E-state index < -0.39 is 0 Å². The fourth-order valence-corrected chi connectivity index (χ4v) is 3.11. The second-order valence-corrected chi connectivity index (χ2v) is 5.13. The molecule has 0 atom stereocenters. The highest BCUT2D eigenvalue weighted by molar-refractivity contribution is 7.21. The highest BCUT2D eigenvalue weighted by Crippen LogP contribution is 2.26. The van der Waals surface area contributed by atoms with Crippen LogP contribution in [0.4, 0.5) is 0 Å². The molecule has 3 rings (SSSR count). The standard InChI is InChI=1S/C14H13N2S/c1-10-6-5-7-11(15-10)14-16(2)12-8-3-4-9-13(12)17-14/h3-9H,1-2H3/q+1. The lowest BCUT2D eigenvalue weighted by atomic mass is 10.3. The summed E-state index contributed by atoms with van der Waals surface area (Å²) in [7, 11) is 2.10. The van der Waals surface area contributed by atoms with Crippen molar-refractivity contribution in [1.29, 1.82) is 0 Å².